The van der Waals surface area contributed by atoms with E-state index in [-0.39, 0.29) is 6.04 Å². The highest BCUT2D eigenvalue weighted by atomic mass is 15.1. The molecule has 2 N–H and O–H groups in total. The standard InChI is InChI=1S/C18H29N3/c1-4-6-7-8-9-12-21-17-11-10-14(3)13-16(17)20-18(21)15(19)5-2/h10-11,13,15H,4-9,12,19H2,1-3H3. The summed E-state index contributed by atoms with van der Waals surface area (Å²) in [6.07, 6.45) is 7.39. The Balaban J connectivity index is 2.21. The predicted molar refractivity (Wildman–Crippen MR) is 90.4 cm³/mol. The molecule has 3 heteroatoms. The highest BCUT2D eigenvalue weighted by Crippen LogP contribution is 2.23. The van der Waals surface area contributed by atoms with Gasteiger partial charge in [0, 0.05) is 6.54 Å². The number of hydrogen-bond donors (Lipinski definition) is 1. The lowest BCUT2D eigenvalue weighted by molar-refractivity contribution is 0.534. The molecule has 2 aromatic rings. The van der Waals surface area contributed by atoms with Crippen LogP contribution in [0.15, 0.2) is 18.2 Å². The quantitative estimate of drug-likeness (QED) is 0.714. The number of hydrogen-bond acceptors (Lipinski definition) is 2. The van der Waals surface area contributed by atoms with Crippen LogP contribution in [0.1, 0.15) is 69.8 Å². The van der Waals surface area contributed by atoms with Gasteiger partial charge >= 0.3 is 0 Å². The number of nitrogens with zero attached hydrogens (tertiary/aromatic N) is 2. The molecule has 0 aliphatic carbocycles. The van der Waals surface area contributed by atoms with Crippen molar-refractivity contribution in [3.8, 4) is 0 Å². The monoisotopic (exact) mass is 287 g/mol. The number of rotatable bonds is 8. The Bertz CT molecular complexity index is 571. The molecular weight excluding hydrogens is 258 g/mol. The van der Waals surface area contributed by atoms with Gasteiger partial charge < -0.3 is 10.3 Å². The first-order valence-electron chi connectivity index (χ1n) is 8.39. The van der Waals surface area contributed by atoms with E-state index in [4.69, 9.17) is 10.7 Å². The van der Waals surface area contributed by atoms with Crippen LogP contribution in [-0.4, -0.2) is 9.55 Å². The summed E-state index contributed by atoms with van der Waals surface area (Å²) in [6, 6.07) is 6.55. The van der Waals surface area contributed by atoms with Crippen LogP contribution in [-0.2, 0) is 6.54 Å². The van der Waals surface area contributed by atoms with Crippen molar-refractivity contribution in [3.05, 3.63) is 29.6 Å². The predicted octanol–water partition coefficient (Wildman–Crippen LogP) is 4.72. The summed E-state index contributed by atoms with van der Waals surface area (Å²) >= 11 is 0. The fourth-order valence-electron chi connectivity index (χ4n) is 2.83. The van der Waals surface area contributed by atoms with E-state index < -0.39 is 0 Å². The van der Waals surface area contributed by atoms with Gasteiger partial charge in [0.15, 0.2) is 0 Å². The molecule has 116 valence electrons. The van der Waals surface area contributed by atoms with Crippen molar-refractivity contribution in [2.75, 3.05) is 0 Å². The summed E-state index contributed by atoms with van der Waals surface area (Å²) in [4.78, 5) is 4.80. The number of unbranched alkanes of at least 4 members (excludes halogenated alkanes) is 4. The summed E-state index contributed by atoms with van der Waals surface area (Å²) in [7, 11) is 0. The topological polar surface area (TPSA) is 43.8 Å². The lowest BCUT2D eigenvalue weighted by Crippen LogP contribution is -2.16. The minimum atomic E-state index is 0.0355. The van der Waals surface area contributed by atoms with Crippen LogP contribution in [0.5, 0.6) is 0 Å². The largest absolute Gasteiger partial charge is 0.327 e. The maximum atomic E-state index is 6.27. The van der Waals surface area contributed by atoms with Gasteiger partial charge in [0.2, 0.25) is 0 Å². The van der Waals surface area contributed by atoms with Crippen LogP contribution >= 0.6 is 0 Å². The zero-order valence-electron chi connectivity index (χ0n) is 13.7. The van der Waals surface area contributed by atoms with Crippen molar-refractivity contribution in [2.24, 2.45) is 5.73 Å². The van der Waals surface area contributed by atoms with E-state index in [0.717, 1.165) is 24.3 Å². The fourth-order valence-corrected chi connectivity index (χ4v) is 2.83. The van der Waals surface area contributed by atoms with Crippen LogP contribution in [0.25, 0.3) is 11.0 Å². The minimum Gasteiger partial charge on any atom is -0.327 e. The summed E-state index contributed by atoms with van der Waals surface area (Å²) in [5.41, 5.74) is 9.84. The van der Waals surface area contributed by atoms with Gasteiger partial charge in [0.1, 0.15) is 5.82 Å². The van der Waals surface area contributed by atoms with E-state index in [1.807, 2.05) is 0 Å². The molecule has 0 saturated heterocycles. The number of benzene rings is 1. The molecule has 1 unspecified atom stereocenters. The zero-order chi connectivity index (χ0) is 15.2. The first kappa shape index (κ1) is 16.0. The summed E-state index contributed by atoms with van der Waals surface area (Å²) in [5, 5.41) is 0. The molecule has 0 radical (unpaired) electrons. The number of nitrogens with two attached hydrogens (primary N) is 1. The van der Waals surface area contributed by atoms with Crippen molar-refractivity contribution >= 4 is 11.0 Å². The van der Waals surface area contributed by atoms with Gasteiger partial charge in [-0.2, -0.15) is 0 Å². The first-order chi connectivity index (χ1) is 10.2. The third-order valence-corrected chi connectivity index (χ3v) is 4.19. The van der Waals surface area contributed by atoms with Crippen molar-refractivity contribution in [2.45, 2.75) is 71.9 Å². The molecule has 0 bridgehead atoms. The molecule has 1 atom stereocenters. The van der Waals surface area contributed by atoms with E-state index in [1.165, 1.54) is 43.2 Å². The number of imidazole rings is 1. The van der Waals surface area contributed by atoms with Gasteiger partial charge in [-0.25, -0.2) is 4.98 Å². The molecule has 3 nitrogen and oxygen atoms in total. The molecule has 1 aromatic heterocycles. The van der Waals surface area contributed by atoms with E-state index >= 15 is 0 Å². The normalized spacial score (nSPS) is 13.0. The second-order valence-electron chi connectivity index (χ2n) is 6.04. The molecule has 0 aliphatic rings. The van der Waals surface area contributed by atoms with Crippen LogP contribution < -0.4 is 5.73 Å². The van der Waals surface area contributed by atoms with Gasteiger partial charge in [-0.3, -0.25) is 0 Å². The van der Waals surface area contributed by atoms with E-state index in [1.54, 1.807) is 0 Å². The third kappa shape index (κ3) is 3.85. The van der Waals surface area contributed by atoms with E-state index in [9.17, 15) is 0 Å². The van der Waals surface area contributed by atoms with E-state index in [2.05, 4.69) is 43.5 Å². The van der Waals surface area contributed by atoms with Crippen molar-refractivity contribution in [3.63, 3.8) is 0 Å². The molecule has 0 aliphatic heterocycles. The first-order valence-corrected chi connectivity index (χ1v) is 8.39. The Morgan fingerprint density at radius 1 is 1.14 bits per heavy atom. The second-order valence-corrected chi connectivity index (χ2v) is 6.04. The van der Waals surface area contributed by atoms with Crippen LogP contribution in [0, 0.1) is 6.92 Å². The summed E-state index contributed by atoms with van der Waals surface area (Å²) < 4.78 is 2.34. The van der Waals surface area contributed by atoms with Crippen molar-refractivity contribution in [1.82, 2.24) is 9.55 Å². The maximum absolute atomic E-state index is 6.27. The average Bonchev–Trinajstić information content (AvgIpc) is 2.84. The highest BCUT2D eigenvalue weighted by molar-refractivity contribution is 5.77. The lowest BCUT2D eigenvalue weighted by Gasteiger charge is -2.13. The SMILES string of the molecule is CCCCCCCn1c(C(N)CC)nc2cc(C)ccc21. The molecule has 0 fully saturated rings. The number of fused-ring (bicyclic) bond motifs is 1. The second kappa shape index (κ2) is 7.60. The molecule has 1 aromatic carbocycles. The lowest BCUT2D eigenvalue weighted by atomic mass is 10.1. The Labute approximate surface area is 128 Å². The van der Waals surface area contributed by atoms with Crippen LogP contribution in [0.4, 0.5) is 0 Å². The molecule has 0 saturated carbocycles. The smallest absolute Gasteiger partial charge is 0.126 e. The maximum Gasteiger partial charge on any atom is 0.126 e. The molecular formula is C18H29N3. The number of aryl methyl sites for hydroxylation is 2. The van der Waals surface area contributed by atoms with E-state index in [0.29, 0.717) is 0 Å². The molecule has 0 amide bonds. The zero-order valence-corrected chi connectivity index (χ0v) is 13.7. The van der Waals surface area contributed by atoms with Gasteiger partial charge in [0.25, 0.3) is 0 Å². The highest BCUT2D eigenvalue weighted by Gasteiger charge is 2.15. The van der Waals surface area contributed by atoms with Gasteiger partial charge in [0.05, 0.1) is 17.1 Å². The average molecular weight is 287 g/mol. The summed E-state index contributed by atoms with van der Waals surface area (Å²) in [5.74, 6) is 1.05. The fraction of sp³-hybridized carbons (Fsp3) is 0.611. The number of aromatic nitrogens is 2. The van der Waals surface area contributed by atoms with Gasteiger partial charge in [-0.05, 0) is 37.5 Å². The van der Waals surface area contributed by atoms with Crippen molar-refractivity contribution in [1.29, 1.82) is 0 Å². The van der Waals surface area contributed by atoms with Crippen molar-refractivity contribution < 1.29 is 0 Å². The Morgan fingerprint density at radius 2 is 1.90 bits per heavy atom. The summed E-state index contributed by atoms with van der Waals surface area (Å²) in [6.45, 7) is 7.53. The molecule has 0 spiro atoms. The molecule has 1 heterocycles. The Morgan fingerprint density at radius 3 is 2.62 bits per heavy atom. The minimum absolute atomic E-state index is 0.0355. The van der Waals surface area contributed by atoms with Gasteiger partial charge in [-0.15, -0.1) is 0 Å². The molecule has 2 rings (SSSR count). The molecule has 21 heavy (non-hydrogen) atoms. The Hall–Kier alpha value is -1.35. The van der Waals surface area contributed by atoms with Crippen LogP contribution in [0.2, 0.25) is 0 Å². The third-order valence-electron chi connectivity index (χ3n) is 4.19. The Kier molecular flexibility index (Phi) is 5.80. The van der Waals surface area contributed by atoms with Gasteiger partial charge in [-0.1, -0.05) is 45.6 Å². The van der Waals surface area contributed by atoms with Crippen LogP contribution in [0.3, 0.4) is 0 Å².